The van der Waals surface area contributed by atoms with Crippen LogP contribution in [0.25, 0.3) is 0 Å². The molecule has 0 spiro atoms. The average molecular weight is 209 g/mol. The van der Waals surface area contributed by atoms with Gasteiger partial charge >= 0.3 is 0 Å². The van der Waals surface area contributed by atoms with Crippen molar-refractivity contribution >= 4 is 39.4 Å². The van der Waals surface area contributed by atoms with Gasteiger partial charge < -0.3 is 0 Å². The Morgan fingerprint density at radius 2 is 2.33 bits per heavy atom. The van der Waals surface area contributed by atoms with Crippen LogP contribution in [-0.2, 0) is 0 Å². The molecule has 0 radical (unpaired) electrons. The normalized spacial score (nSPS) is 13.9. The lowest BCUT2D eigenvalue weighted by molar-refractivity contribution is 1.47. The summed E-state index contributed by atoms with van der Waals surface area (Å²) < 4.78 is 0.793. The molecule has 0 amide bonds. The van der Waals surface area contributed by atoms with E-state index >= 15 is 0 Å². The zero-order chi connectivity index (χ0) is 7.11. The van der Waals surface area contributed by atoms with E-state index in [1.807, 2.05) is 0 Å². The molecule has 2 nitrogen and oxygen atoms in total. The number of aliphatic imine (C=N–C) groups is 2. The summed E-state index contributed by atoms with van der Waals surface area (Å²) in [7, 11) is 1.68. The molecule has 0 atom stereocenters. The van der Waals surface area contributed by atoms with Crippen molar-refractivity contribution in [3.05, 3.63) is 10.7 Å². The van der Waals surface area contributed by atoms with E-state index in [0.29, 0.717) is 0 Å². The lowest BCUT2D eigenvalue weighted by atomic mass is 10.7. The predicted octanol–water partition coefficient (Wildman–Crippen LogP) is 2.19. The van der Waals surface area contributed by atoms with Gasteiger partial charge in [0.25, 0.3) is 0 Å². The smallest absolute Gasteiger partial charge is 0.0926 e. The minimum atomic E-state index is 0.793. The largest absolute Gasteiger partial charge is 0.295 e. The topological polar surface area (TPSA) is 24.7 Å². The Labute approximate surface area is 67.5 Å². The highest BCUT2D eigenvalue weighted by atomic mass is 79.9. The molecule has 9 heavy (non-hydrogen) atoms. The molecule has 0 rings (SSSR count). The van der Waals surface area contributed by atoms with Crippen molar-refractivity contribution in [2.24, 2.45) is 9.98 Å². The summed E-state index contributed by atoms with van der Waals surface area (Å²) in [6.07, 6.45) is 3.18. The summed E-state index contributed by atoms with van der Waals surface area (Å²) in [5.41, 5.74) is 1.19. The molecule has 0 aromatic heterocycles. The summed E-state index contributed by atoms with van der Waals surface area (Å²) >= 11 is 8.32. The van der Waals surface area contributed by atoms with Gasteiger partial charge in [0, 0.05) is 19.5 Å². The molecule has 0 saturated carbocycles. The van der Waals surface area contributed by atoms with Crippen LogP contribution in [0.5, 0.6) is 0 Å². The molecule has 0 heterocycles. The van der Waals surface area contributed by atoms with Gasteiger partial charge in [-0.2, -0.15) is 0 Å². The van der Waals surface area contributed by atoms with E-state index in [0.717, 1.165) is 4.48 Å². The first-order valence-electron chi connectivity index (χ1n) is 2.21. The third-order valence-corrected chi connectivity index (χ3v) is 1.03. The second-order valence-corrected chi connectivity index (χ2v) is 2.26. The van der Waals surface area contributed by atoms with E-state index in [1.165, 1.54) is 5.67 Å². The zero-order valence-corrected chi connectivity index (χ0v) is 7.22. The summed E-state index contributed by atoms with van der Waals surface area (Å²) in [5, 5.41) is 0. The maximum Gasteiger partial charge on any atom is 0.0926 e. The lowest BCUT2D eigenvalue weighted by Gasteiger charge is -1.79. The van der Waals surface area contributed by atoms with Crippen molar-refractivity contribution in [3.63, 3.8) is 0 Å². The Balaban J connectivity index is 3.84. The van der Waals surface area contributed by atoms with Gasteiger partial charge in [0.1, 0.15) is 0 Å². The Morgan fingerprint density at radius 1 is 1.67 bits per heavy atom. The monoisotopic (exact) mass is 208 g/mol. The maximum absolute atomic E-state index is 5.14. The SMILES string of the molecule is CN=C/C(Br)=C\N=CCl. The minimum absolute atomic E-state index is 0.793. The highest BCUT2D eigenvalue weighted by Crippen LogP contribution is 1.99. The maximum atomic E-state index is 5.14. The van der Waals surface area contributed by atoms with Crippen molar-refractivity contribution in [2.75, 3.05) is 7.05 Å². The Hall–Kier alpha value is -0.150. The first kappa shape index (κ1) is 8.85. The molecule has 4 heteroatoms. The van der Waals surface area contributed by atoms with E-state index in [1.54, 1.807) is 19.5 Å². The van der Waals surface area contributed by atoms with E-state index in [9.17, 15) is 0 Å². The molecular formula is C5H6BrClN2. The summed E-state index contributed by atoms with van der Waals surface area (Å²) in [4.78, 5) is 7.36. The van der Waals surface area contributed by atoms with E-state index in [2.05, 4.69) is 25.9 Å². The molecular weight excluding hydrogens is 203 g/mol. The van der Waals surface area contributed by atoms with Crippen LogP contribution in [0.15, 0.2) is 20.7 Å². The molecule has 0 aliphatic rings. The van der Waals surface area contributed by atoms with Gasteiger partial charge in [0.05, 0.1) is 10.2 Å². The van der Waals surface area contributed by atoms with E-state index in [4.69, 9.17) is 11.6 Å². The van der Waals surface area contributed by atoms with Gasteiger partial charge in [-0.3, -0.25) is 9.98 Å². The summed E-state index contributed by atoms with van der Waals surface area (Å²) in [5.74, 6) is 0. The molecule has 0 saturated heterocycles. The Bertz CT molecular complexity index is 151. The molecule has 0 aromatic rings. The first-order chi connectivity index (χ1) is 4.31. The van der Waals surface area contributed by atoms with Crippen LogP contribution in [0.2, 0.25) is 0 Å². The minimum Gasteiger partial charge on any atom is -0.295 e. The predicted molar refractivity (Wildman–Crippen MR) is 45.8 cm³/mol. The second-order valence-electron chi connectivity index (χ2n) is 1.15. The highest BCUT2D eigenvalue weighted by Gasteiger charge is 1.78. The summed E-state index contributed by atoms with van der Waals surface area (Å²) in [6, 6.07) is 0. The fraction of sp³-hybridized carbons (Fsp3) is 0.200. The Morgan fingerprint density at radius 3 is 2.78 bits per heavy atom. The Kier molecular flexibility index (Phi) is 5.88. The van der Waals surface area contributed by atoms with E-state index < -0.39 is 0 Å². The van der Waals surface area contributed by atoms with Gasteiger partial charge in [-0.15, -0.1) is 0 Å². The van der Waals surface area contributed by atoms with Gasteiger partial charge in [-0.05, 0) is 15.9 Å². The second kappa shape index (κ2) is 5.98. The molecule has 0 N–H and O–H groups in total. The van der Waals surface area contributed by atoms with Crippen LogP contribution in [-0.4, -0.2) is 18.9 Å². The van der Waals surface area contributed by atoms with Gasteiger partial charge in [-0.1, -0.05) is 11.6 Å². The third-order valence-electron chi connectivity index (χ3n) is 0.507. The molecule has 0 unspecified atom stereocenters. The standard InChI is InChI=1S/C5H6BrClN2/c1-8-2-5(6)3-9-4-7/h2-4H,1H3/b5-3+,8-2?,9-4?. The van der Waals surface area contributed by atoms with Crippen LogP contribution in [0.3, 0.4) is 0 Å². The zero-order valence-electron chi connectivity index (χ0n) is 4.88. The number of rotatable bonds is 2. The van der Waals surface area contributed by atoms with Crippen molar-refractivity contribution in [1.29, 1.82) is 0 Å². The third kappa shape index (κ3) is 5.73. The van der Waals surface area contributed by atoms with Gasteiger partial charge in [0.15, 0.2) is 0 Å². The molecule has 0 fully saturated rings. The number of nitrogens with zero attached hydrogens (tertiary/aromatic N) is 2. The van der Waals surface area contributed by atoms with Crippen LogP contribution in [0, 0.1) is 0 Å². The van der Waals surface area contributed by atoms with Crippen molar-refractivity contribution < 1.29 is 0 Å². The molecule has 0 aliphatic carbocycles. The van der Waals surface area contributed by atoms with Crippen LogP contribution >= 0.6 is 27.5 Å². The van der Waals surface area contributed by atoms with Gasteiger partial charge in [-0.25, -0.2) is 0 Å². The average Bonchev–Trinajstić information content (AvgIpc) is 1.85. The van der Waals surface area contributed by atoms with Crippen molar-refractivity contribution in [1.82, 2.24) is 0 Å². The number of allylic oxidation sites excluding steroid dienone is 1. The fourth-order valence-electron chi connectivity index (χ4n) is 0.256. The molecule has 0 bridgehead atoms. The highest BCUT2D eigenvalue weighted by molar-refractivity contribution is 9.12. The number of halogens is 2. The first-order valence-corrected chi connectivity index (χ1v) is 3.44. The molecule has 0 aromatic carbocycles. The number of hydrogen-bond donors (Lipinski definition) is 0. The fourth-order valence-corrected chi connectivity index (χ4v) is 0.635. The van der Waals surface area contributed by atoms with Crippen molar-refractivity contribution in [3.8, 4) is 0 Å². The van der Waals surface area contributed by atoms with Gasteiger partial charge in [0.2, 0.25) is 0 Å². The molecule has 0 aliphatic heterocycles. The van der Waals surface area contributed by atoms with E-state index in [-0.39, 0.29) is 0 Å². The van der Waals surface area contributed by atoms with Crippen molar-refractivity contribution in [2.45, 2.75) is 0 Å². The number of hydrogen-bond acceptors (Lipinski definition) is 2. The summed E-state index contributed by atoms with van der Waals surface area (Å²) in [6.45, 7) is 0. The quantitative estimate of drug-likeness (QED) is 0.623. The van der Waals surface area contributed by atoms with Crippen LogP contribution < -0.4 is 0 Å². The van der Waals surface area contributed by atoms with Crippen LogP contribution in [0.1, 0.15) is 0 Å². The van der Waals surface area contributed by atoms with Crippen LogP contribution in [0.4, 0.5) is 0 Å². The lowest BCUT2D eigenvalue weighted by Crippen LogP contribution is -1.69. The molecule has 50 valence electrons.